The lowest BCUT2D eigenvalue weighted by molar-refractivity contribution is 0.257. The normalized spacial score (nSPS) is 17.2. The van der Waals surface area contributed by atoms with Gasteiger partial charge in [0.1, 0.15) is 17.4 Å². The van der Waals surface area contributed by atoms with E-state index in [1.54, 1.807) is 0 Å². The first-order valence-corrected chi connectivity index (χ1v) is 7.69. The number of hydrogen-bond acceptors (Lipinski definition) is 4. The fourth-order valence-corrected chi connectivity index (χ4v) is 2.93. The number of aromatic nitrogens is 2. The van der Waals surface area contributed by atoms with Crippen LogP contribution in [0.3, 0.4) is 0 Å². The second-order valence-electron chi connectivity index (χ2n) is 4.90. The lowest BCUT2D eigenvalue weighted by atomic mass is 9.96. The summed E-state index contributed by atoms with van der Waals surface area (Å²) in [6.07, 6.45) is 0.930. The van der Waals surface area contributed by atoms with Crippen molar-refractivity contribution < 1.29 is 4.74 Å². The third-order valence-corrected chi connectivity index (χ3v) is 4.81. The highest BCUT2D eigenvalue weighted by atomic mass is 127. The average Bonchev–Trinajstić information content (AvgIpc) is 2.49. The minimum atomic E-state index is 0.215. The van der Waals surface area contributed by atoms with E-state index in [0.717, 1.165) is 33.1 Å². The molecule has 0 fully saturated rings. The van der Waals surface area contributed by atoms with Crippen LogP contribution >= 0.6 is 22.6 Å². The number of aryl methyl sites for hydroxylation is 1. The minimum Gasteiger partial charge on any atom is -0.493 e. The maximum atomic E-state index is 5.83. The maximum Gasteiger partial charge on any atom is 0.143 e. The van der Waals surface area contributed by atoms with Gasteiger partial charge in [0.2, 0.25) is 0 Å². The fourth-order valence-electron chi connectivity index (χ4n) is 2.42. The van der Waals surface area contributed by atoms with Gasteiger partial charge >= 0.3 is 0 Å². The van der Waals surface area contributed by atoms with E-state index in [2.05, 4.69) is 43.9 Å². The quantitative estimate of drug-likeness (QED) is 0.813. The molecule has 104 valence electrons. The molecule has 1 unspecified atom stereocenters. The summed E-state index contributed by atoms with van der Waals surface area (Å²) in [7, 11) is 1.89. The maximum absolute atomic E-state index is 5.83. The molecule has 1 aromatic carbocycles. The van der Waals surface area contributed by atoms with Gasteiger partial charge in [-0.3, -0.25) is 0 Å². The van der Waals surface area contributed by atoms with Gasteiger partial charge in [0.25, 0.3) is 0 Å². The van der Waals surface area contributed by atoms with Gasteiger partial charge in [0.15, 0.2) is 0 Å². The van der Waals surface area contributed by atoms with E-state index in [-0.39, 0.29) is 5.92 Å². The number of benzene rings is 1. The summed E-state index contributed by atoms with van der Waals surface area (Å²) >= 11 is 2.27. The molecule has 20 heavy (non-hydrogen) atoms. The molecule has 0 spiro atoms. The van der Waals surface area contributed by atoms with Gasteiger partial charge in [-0.05, 0) is 47.6 Å². The van der Waals surface area contributed by atoms with E-state index in [4.69, 9.17) is 4.74 Å². The summed E-state index contributed by atoms with van der Waals surface area (Å²) in [6.45, 7) is 2.66. The number of fused-ring (bicyclic) bond motifs is 1. The molecule has 1 N–H and O–H groups in total. The van der Waals surface area contributed by atoms with E-state index < -0.39 is 0 Å². The second kappa shape index (κ2) is 5.55. The topological polar surface area (TPSA) is 47.0 Å². The molecule has 0 aliphatic carbocycles. The summed E-state index contributed by atoms with van der Waals surface area (Å²) in [5.41, 5.74) is 2.24. The molecule has 1 aromatic heterocycles. The molecule has 1 aliphatic heterocycles. The first-order chi connectivity index (χ1) is 9.69. The zero-order chi connectivity index (χ0) is 14.1. The number of anilines is 1. The van der Waals surface area contributed by atoms with Crippen molar-refractivity contribution in [2.45, 2.75) is 19.3 Å². The number of hydrogen-bond donors (Lipinski definition) is 1. The number of halogens is 1. The number of nitrogens with zero attached hydrogens (tertiary/aromatic N) is 2. The Labute approximate surface area is 132 Å². The molecular formula is C15H16IN3O. The molecule has 2 heterocycles. The summed E-state index contributed by atoms with van der Waals surface area (Å²) in [5, 5.41) is 3.14. The lowest BCUT2D eigenvalue weighted by Crippen LogP contribution is -2.22. The summed E-state index contributed by atoms with van der Waals surface area (Å²) in [4.78, 5) is 9.28. The summed E-state index contributed by atoms with van der Waals surface area (Å²) in [6, 6.07) is 8.18. The summed E-state index contributed by atoms with van der Waals surface area (Å²) < 4.78 is 6.91. The Morgan fingerprint density at radius 1 is 1.30 bits per heavy atom. The Bertz CT molecular complexity index is 645. The van der Waals surface area contributed by atoms with Crippen LogP contribution in [0, 0.1) is 10.5 Å². The second-order valence-corrected chi connectivity index (χ2v) is 5.98. The van der Waals surface area contributed by atoms with Crippen LogP contribution in [0.5, 0.6) is 5.75 Å². The van der Waals surface area contributed by atoms with E-state index >= 15 is 0 Å². The Morgan fingerprint density at radius 2 is 2.10 bits per heavy atom. The van der Waals surface area contributed by atoms with Crippen LogP contribution in [-0.2, 0) is 6.42 Å². The lowest BCUT2D eigenvalue weighted by Gasteiger charge is -2.24. The van der Waals surface area contributed by atoms with Crippen LogP contribution < -0.4 is 10.1 Å². The van der Waals surface area contributed by atoms with Gasteiger partial charge in [0.05, 0.1) is 21.8 Å². The third kappa shape index (κ3) is 2.46. The standard InChI is InChI=1S/C15H16IN3O/c1-9-13(16)15(17-2)19-14(18-9)11-7-10-5-3-4-6-12(10)20-8-11/h3-6,11H,7-8H2,1-2H3,(H,17,18,19). The van der Waals surface area contributed by atoms with Crippen LogP contribution in [0.1, 0.15) is 23.0 Å². The molecule has 0 radical (unpaired) electrons. The zero-order valence-corrected chi connectivity index (χ0v) is 13.6. The Morgan fingerprint density at radius 3 is 2.90 bits per heavy atom. The SMILES string of the molecule is CNc1nc(C2COc3ccccc3C2)nc(C)c1I. The van der Waals surface area contributed by atoms with Crippen molar-refractivity contribution >= 4 is 28.4 Å². The molecule has 3 rings (SSSR count). The van der Waals surface area contributed by atoms with Crippen molar-refractivity contribution in [2.24, 2.45) is 0 Å². The Hall–Kier alpha value is -1.37. The van der Waals surface area contributed by atoms with Crippen LogP contribution in [0.25, 0.3) is 0 Å². The molecule has 0 saturated carbocycles. The third-order valence-electron chi connectivity index (χ3n) is 3.52. The van der Waals surface area contributed by atoms with E-state index in [1.807, 2.05) is 32.2 Å². The summed E-state index contributed by atoms with van der Waals surface area (Å²) in [5.74, 6) is 2.96. The largest absolute Gasteiger partial charge is 0.493 e. The van der Waals surface area contributed by atoms with Gasteiger partial charge in [0, 0.05) is 7.05 Å². The monoisotopic (exact) mass is 381 g/mol. The predicted octanol–water partition coefficient (Wildman–Crippen LogP) is 3.15. The van der Waals surface area contributed by atoms with Crippen molar-refractivity contribution in [3.63, 3.8) is 0 Å². The van der Waals surface area contributed by atoms with Crippen LogP contribution in [0.2, 0.25) is 0 Å². The fraction of sp³-hybridized carbons (Fsp3) is 0.333. The predicted molar refractivity (Wildman–Crippen MR) is 87.4 cm³/mol. The number of nitrogens with one attached hydrogen (secondary N) is 1. The molecular weight excluding hydrogens is 365 g/mol. The van der Waals surface area contributed by atoms with Crippen LogP contribution in [0.15, 0.2) is 24.3 Å². The molecule has 2 aromatic rings. The molecule has 0 amide bonds. The average molecular weight is 381 g/mol. The zero-order valence-electron chi connectivity index (χ0n) is 11.5. The highest BCUT2D eigenvalue weighted by Crippen LogP contribution is 2.32. The molecule has 0 saturated heterocycles. The van der Waals surface area contributed by atoms with Crippen LogP contribution in [0.4, 0.5) is 5.82 Å². The first-order valence-electron chi connectivity index (χ1n) is 6.61. The molecule has 5 heteroatoms. The smallest absolute Gasteiger partial charge is 0.143 e. The van der Waals surface area contributed by atoms with E-state index in [1.165, 1.54) is 5.56 Å². The molecule has 0 bridgehead atoms. The van der Waals surface area contributed by atoms with Crippen LogP contribution in [-0.4, -0.2) is 23.6 Å². The first kappa shape index (κ1) is 13.6. The van der Waals surface area contributed by atoms with Crippen molar-refractivity contribution in [3.05, 3.63) is 44.9 Å². The van der Waals surface area contributed by atoms with E-state index in [0.29, 0.717) is 6.61 Å². The minimum absolute atomic E-state index is 0.215. The van der Waals surface area contributed by atoms with Crippen molar-refractivity contribution in [1.29, 1.82) is 0 Å². The Balaban J connectivity index is 1.93. The molecule has 1 aliphatic rings. The van der Waals surface area contributed by atoms with Gasteiger partial charge in [-0.2, -0.15) is 0 Å². The number of para-hydroxylation sites is 1. The van der Waals surface area contributed by atoms with Crippen molar-refractivity contribution in [2.75, 3.05) is 19.0 Å². The van der Waals surface area contributed by atoms with Crippen molar-refractivity contribution in [1.82, 2.24) is 9.97 Å². The molecule has 4 nitrogen and oxygen atoms in total. The number of ether oxygens (including phenoxy) is 1. The molecule has 1 atom stereocenters. The Kier molecular flexibility index (Phi) is 3.78. The van der Waals surface area contributed by atoms with Crippen molar-refractivity contribution in [3.8, 4) is 5.75 Å². The van der Waals surface area contributed by atoms with Gasteiger partial charge in [-0.1, -0.05) is 18.2 Å². The van der Waals surface area contributed by atoms with Gasteiger partial charge in [-0.15, -0.1) is 0 Å². The van der Waals surface area contributed by atoms with Gasteiger partial charge in [-0.25, -0.2) is 9.97 Å². The number of rotatable bonds is 2. The highest BCUT2D eigenvalue weighted by molar-refractivity contribution is 14.1. The highest BCUT2D eigenvalue weighted by Gasteiger charge is 2.24. The van der Waals surface area contributed by atoms with E-state index in [9.17, 15) is 0 Å². The van der Waals surface area contributed by atoms with Gasteiger partial charge < -0.3 is 10.1 Å².